The number of oxime groups is 1. The fourth-order valence-electron chi connectivity index (χ4n) is 3.91. The van der Waals surface area contributed by atoms with E-state index in [1.165, 1.54) is 18.4 Å². The van der Waals surface area contributed by atoms with Gasteiger partial charge in [-0.15, -0.1) is 11.3 Å². The molecule has 20 heteroatoms. The molecule has 0 saturated carbocycles. The zero-order chi connectivity index (χ0) is 30.8. The number of aromatic hydroxyl groups is 2. The van der Waals surface area contributed by atoms with Crippen LogP contribution < -0.4 is 15.8 Å². The maximum Gasteiger partial charge on any atom is 0.512 e. The number of β-lactam (4-membered cyclic amide) rings is 1. The minimum Gasteiger partial charge on any atom is -0.504 e. The highest BCUT2D eigenvalue weighted by atomic mass is 32.2. The number of nitrogens with one attached hydrogen (secondary N) is 1. The zero-order valence-corrected chi connectivity index (χ0v) is 23.1. The fourth-order valence-corrected chi connectivity index (χ4v) is 5.34. The number of anilines is 1. The van der Waals surface area contributed by atoms with E-state index in [0.29, 0.717) is 12.8 Å². The number of benzene rings is 1. The number of hydrogen-bond acceptors (Lipinski definition) is 15. The Bertz CT molecular complexity index is 1690. The lowest BCUT2D eigenvalue weighted by atomic mass is 10.0. The molecule has 2 atom stereocenters. The first-order valence-corrected chi connectivity index (χ1v) is 14.2. The van der Waals surface area contributed by atoms with Crippen molar-refractivity contribution in [2.75, 3.05) is 12.3 Å². The molecule has 0 unspecified atom stereocenters. The van der Waals surface area contributed by atoms with Crippen LogP contribution in [-0.2, 0) is 31.2 Å². The first-order chi connectivity index (χ1) is 19.8. The Labute approximate surface area is 240 Å². The molecule has 1 aliphatic heterocycles. The fraction of sp³-hybridized carbons (Fsp3) is 0.318. The average molecular weight is 626 g/mol. The molecule has 0 bridgehead atoms. The number of ether oxygens (including phenoxy) is 1. The summed E-state index contributed by atoms with van der Waals surface area (Å²) in [5.74, 6) is -3.14. The number of aromatic nitrogens is 3. The highest BCUT2D eigenvalue weighted by molar-refractivity contribution is 7.84. The number of aryl methyl sites for hydroxylation is 1. The Morgan fingerprint density at radius 2 is 1.83 bits per heavy atom. The maximum atomic E-state index is 12.9. The van der Waals surface area contributed by atoms with E-state index in [1.807, 2.05) is 0 Å². The van der Waals surface area contributed by atoms with Crippen LogP contribution in [0.5, 0.6) is 17.4 Å². The third kappa shape index (κ3) is 6.56. The van der Waals surface area contributed by atoms with Gasteiger partial charge in [0.25, 0.3) is 11.8 Å². The van der Waals surface area contributed by atoms with Crippen molar-refractivity contribution in [3.05, 3.63) is 28.9 Å². The second kappa shape index (κ2) is 12.0. The summed E-state index contributed by atoms with van der Waals surface area (Å²) in [6.07, 6.45) is -0.767. The van der Waals surface area contributed by atoms with Gasteiger partial charge in [0, 0.05) is 17.5 Å². The lowest BCUT2D eigenvalue weighted by Gasteiger charge is -2.42. The smallest absolute Gasteiger partial charge is 0.504 e. The number of carbonyl (C=O) groups is 3. The number of hydrogen-bond donors (Lipinski definition) is 6. The van der Waals surface area contributed by atoms with E-state index < -0.39 is 51.9 Å². The van der Waals surface area contributed by atoms with Crippen molar-refractivity contribution >= 4 is 61.5 Å². The van der Waals surface area contributed by atoms with Crippen molar-refractivity contribution in [1.29, 1.82) is 0 Å². The third-order valence-electron chi connectivity index (χ3n) is 5.89. The summed E-state index contributed by atoms with van der Waals surface area (Å²) in [4.78, 5) is 53.7. The normalized spacial score (nSPS) is 17.1. The third-order valence-corrected chi connectivity index (χ3v) is 7.57. The Balaban J connectivity index is 1.40. The Morgan fingerprint density at radius 3 is 2.40 bits per heavy atom. The van der Waals surface area contributed by atoms with Crippen LogP contribution in [0.4, 0.5) is 9.93 Å². The van der Waals surface area contributed by atoms with Crippen LogP contribution in [0.3, 0.4) is 0 Å². The molecule has 7 N–H and O–H groups in total. The van der Waals surface area contributed by atoms with Gasteiger partial charge in [-0.2, -0.15) is 8.42 Å². The highest BCUT2D eigenvalue weighted by Gasteiger charge is 2.51. The highest BCUT2D eigenvalue weighted by Crippen LogP contribution is 2.31. The van der Waals surface area contributed by atoms with E-state index in [1.54, 1.807) is 0 Å². The van der Waals surface area contributed by atoms with Gasteiger partial charge < -0.3 is 35.9 Å². The molecule has 224 valence electrons. The summed E-state index contributed by atoms with van der Waals surface area (Å²) in [5, 5.41) is 36.1. The summed E-state index contributed by atoms with van der Waals surface area (Å²) in [7, 11) is -4.78. The molecule has 1 saturated heterocycles. The lowest BCUT2D eigenvalue weighted by Crippen LogP contribution is -2.71. The number of amides is 2. The van der Waals surface area contributed by atoms with Gasteiger partial charge in [-0.05, 0) is 26.2 Å². The number of phenolic OH excluding ortho intramolecular Hbond substituents is 2. The minimum atomic E-state index is -4.78. The second-order valence-electron chi connectivity index (χ2n) is 8.78. The molecule has 1 aromatic carbocycles. The van der Waals surface area contributed by atoms with Crippen molar-refractivity contribution in [1.82, 2.24) is 24.6 Å². The van der Waals surface area contributed by atoms with E-state index in [9.17, 15) is 33.0 Å². The van der Waals surface area contributed by atoms with Gasteiger partial charge in [0.15, 0.2) is 22.3 Å². The van der Waals surface area contributed by atoms with Crippen molar-refractivity contribution in [3.63, 3.8) is 0 Å². The number of rotatable bonds is 11. The van der Waals surface area contributed by atoms with E-state index in [2.05, 4.69) is 25.4 Å². The molecule has 3 aromatic rings. The Hall–Kier alpha value is -4.82. The van der Waals surface area contributed by atoms with E-state index in [0.717, 1.165) is 17.4 Å². The standard InChI is InChI=1S/C22H23N7O11S2/c1-9-16(20(33)29(9)42(36,37)38)27-18(32)17(13-8-41-21(23)26-13)28-39-5-3-2-4-10-19(40-22(34)35)25-12-7-15(31)14(30)6-11(12)24-10/h6-9,16,30-31H,2-5H2,1H3,(H2,23,26)(H,27,32)(H,34,35)(H,36,37,38)/b28-17-/t9-,16+/m0/s1. The van der Waals surface area contributed by atoms with Crippen molar-refractivity contribution < 1.29 is 52.2 Å². The van der Waals surface area contributed by atoms with Gasteiger partial charge in [-0.25, -0.2) is 24.1 Å². The molecule has 0 aliphatic carbocycles. The lowest BCUT2D eigenvalue weighted by molar-refractivity contribution is -0.143. The molecule has 18 nitrogen and oxygen atoms in total. The van der Waals surface area contributed by atoms with Gasteiger partial charge in [0.05, 0.1) is 17.1 Å². The molecule has 1 aliphatic rings. The molecule has 42 heavy (non-hydrogen) atoms. The van der Waals surface area contributed by atoms with E-state index >= 15 is 0 Å². The minimum absolute atomic E-state index is 0.0313. The molecule has 0 spiro atoms. The van der Waals surface area contributed by atoms with Crippen LogP contribution in [0.25, 0.3) is 11.0 Å². The molecule has 4 rings (SSSR count). The predicted molar refractivity (Wildman–Crippen MR) is 143 cm³/mol. The molecule has 0 radical (unpaired) electrons. The Morgan fingerprint density at radius 1 is 1.17 bits per heavy atom. The zero-order valence-electron chi connectivity index (χ0n) is 21.5. The van der Waals surface area contributed by atoms with Crippen LogP contribution in [0, 0.1) is 0 Å². The number of nitrogens with zero attached hydrogens (tertiary/aromatic N) is 5. The van der Waals surface area contributed by atoms with E-state index in [4.69, 9.17) is 25.0 Å². The van der Waals surface area contributed by atoms with Crippen LogP contribution in [0.2, 0.25) is 0 Å². The predicted octanol–water partition coefficient (Wildman–Crippen LogP) is 0.398. The number of thiazole rings is 1. The van der Waals surface area contributed by atoms with Crippen LogP contribution >= 0.6 is 11.3 Å². The summed E-state index contributed by atoms with van der Waals surface area (Å²) in [6, 6.07) is -0.0316. The first kappa shape index (κ1) is 30.1. The summed E-state index contributed by atoms with van der Waals surface area (Å²) < 4.78 is 36.7. The van der Waals surface area contributed by atoms with E-state index in [-0.39, 0.29) is 56.5 Å². The van der Waals surface area contributed by atoms with Crippen LogP contribution in [0.1, 0.15) is 31.2 Å². The van der Waals surface area contributed by atoms with Crippen LogP contribution in [0.15, 0.2) is 22.7 Å². The summed E-state index contributed by atoms with van der Waals surface area (Å²) >= 11 is 1.01. The SMILES string of the molecule is C[C@H]1[C@@H](NC(=O)/C(=N\OCCCCc2nc3cc(O)c(O)cc3nc2OC(=O)O)c2csc(N)n2)C(=O)N1S(=O)(=O)O. The summed E-state index contributed by atoms with van der Waals surface area (Å²) in [6.45, 7) is 1.28. The number of unbranched alkanes of at least 4 members (excludes halogenated alkanes) is 1. The summed E-state index contributed by atoms with van der Waals surface area (Å²) in [5.41, 5.74) is 5.80. The number of nitrogens with two attached hydrogens (primary N) is 1. The number of carbonyl (C=O) groups excluding carboxylic acids is 2. The first-order valence-electron chi connectivity index (χ1n) is 11.9. The average Bonchev–Trinajstić information content (AvgIpc) is 3.32. The van der Waals surface area contributed by atoms with Gasteiger partial charge in [-0.1, -0.05) is 5.16 Å². The van der Waals surface area contributed by atoms with Crippen molar-refractivity contribution in [2.24, 2.45) is 5.16 Å². The monoisotopic (exact) mass is 625 g/mol. The van der Waals surface area contributed by atoms with Crippen molar-refractivity contribution in [3.8, 4) is 17.4 Å². The molecular formula is C22H23N7O11S2. The number of fused-ring (bicyclic) bond motifs is 1. The van der Waals surface area contributed by atoms with Gasteiger partial charge in [0.2, 0.25) is 5.88 Å². The Kier molecular flexibility index (Phi) is 8.59. The quantitative estimate of drug-likeness (QED) is 0.0320. The van der Waals surface area contributed by atoms with Gasteiger partial charge in [0.1, 0.15) is 24.0 Å². The molecule has 1 fully saturated rings. The topological polar surface area (TPSA) is 277 Å². The maximum absolute atomic E-state index is 12.9. The van der Waals surface area contributed by atoms with Crippen LogP contribution in [-0.4, -0.2) is 89.9 Å². The molecule has 2 amide bonds. The number of nitrogen functional groups attached to an aromatic ring is 1. The van der Waals surface area contributed by atoms with Crippen molar-refractivity contribution in [2.45, 2.75) is 38.3 Å². The number of carboxylic acid groups (broad SMARTS) is 1. The largest absolute Gasteiger partial charge is 0.512 e. The molecular weight excluding hydrogens is 602 g/mol. The van der Waals surface area contributed by atoms with Gasteiger partial charge >= 0.3 is 16.5 Å². The molecule has 2 aromatic heterocycles. The second-order valence-corrected chi connectivity index (χ2v) is 11.0. The molecule has 3 heterocycles. The number of phenols is 2. The van der Waals surface area contributed by atoms with Gasteiger partial charge in [-0.3, -0.25) is 14.1 Å².